The Balaban J connectivity index is 2.66. The Morgan fingerprint density at radius 3 is 2.82 bits per heavy atom. The molecule has 94 valence electrons. The Morgan fingerprint density at radius 1 is 1.59 bits per heavy atom. The molecule has 1 rings (SSSR count). The Morgan fingerprint density at radius 2 is 2.29 bits per heavy atom. The van der Waals surface area contributed by atoms with Gasteiger partial charge in [-0.15, -0.1) is 11.3 Å². The van der Waals surface area contributed by atoms with Crippen molar-refractivity contribution >= 4 is 21.4 Å². The van der Waals surface area contributed by atoms with Crippen molar-refractivity contribution in [1.29, 1.82) is 5.26 Å². The second-order valence-corrected chi connectivity index (χ2v) is 6.60. The summed E-state index contributed by atoms with van der Waals surface area (Å²) >= 11 is 0.912. The van der Waals surface area contributed by atoms with Crippen LogP contribution in [0.25, 0.3) is 0 Å². The van der Waals surface area contributed by atoms with Crippen molar-refractivity contribution in [3.63, 3.8) is 0 Å². The number of nitriles is 1. The van der Waals surface area contributed by atoms with Gasteiger partial charge in [-0.05, 0) is 18.6 Å². The lowest BCUT2D eigenvalue weighted by Gasteiger charge is -2.09. The summed E-state index contributed by atoms with van der Waals surface area (Å²) in [5, 5.41) is 18.0. The zero-order chi connectivity index (χ0) is 12.9. The maximum absolute atomic E-state index is 11.7. The molecule has 7 heteroatoms. The molecule has 1 heterocycles. The van der Waals surface area contributed by atoms with Crippen molar-refractivity contribution in [3.05, 3.63) is 17.0 Å². The van der Waals surface area contributed by atoms with Gasteiger partial charge in [0.2, 0.25) is 10.0 Å². The zero-order valence-corrected chi connectivity index (χ0v) is 11.0. The van der Waals surface area contributed by atoms with Gasteiger partial charge in [0.1, 0.15) is 15.2 Å². The van der Waals surface area contributed by atoms with Crippen molar-refractivity contribution in [2.75, 3.05) is 6.54 Å². The van der Waals surface area contributed by atoms with Crippen LogP contribution < -0.4 is 4.72 Å². The van der Waals surface area contributed by atoms with Gasteiger partial charge in [-0.3, -0.25) is 0 Å². The summed E-state index contributed by atoms with van der Waals surface area (Å²) in [5.74, 6) is 0. The minimum absolute atomic E-state index is 0.00401. The first kappa shape index (κ1) is 14.1. The number of rotatable bonds is 6. The minimum atomic E-state index is -3.61. The molecule has 0 bridgehead atoms. The summed E-state index contributed by atoms with van der Waals surface area (Å²) in [5.41, 5.74) is 0. The van der Waals surface area contributed by atoms with E-state index in [0.717, 1.165) is 17.8 Å². The number of aliphatic hydroxyl groups excluding tert-OH is 1. The van der Waals surface area contributed by atoms with Crippen LogP contribution in [0, 0.1) is 11.3 Å². The molecule has 0 radical (unpaired) electrons. The van der Waals surface area contributed by atoms with Crippen LogP contribution in [-0.2, 0) is 10.0 Å². The van der Waals surface area contributed by atoms with Crippen molar-refractivity contribution in [2.45, 2.75) is 30.1 Å². The normalized spacial score (nSPS) is 13.2. The summed E-state index contributed by atoms with van der Waals surface area (Å²) in [6.07, 6.45) is 0.668. The minimum Gasteiger partial charge on any atom is -0.392 e. The lowest BCUT2D eigenvalue weighted by molar-refractivity contribution is 0.167. The van der Waals surface area contributed by atoms with Crippen molar-refractivity contribution in [2.24, 2.45) is 0 Å². The summed E-state index contributed by atoms with van der Waals surface area (Å²) in [6.45, 7) is 1.91. The molecular weight excluding hydrogens is 260 g/mol. The number of hydrogen-bond donors (Lipinski definition) is 2. The molecule has 0 saturated carbocycles. The van der Waals surface area contributed by atoms with E-state index in [9.17, 15) is 13.5 Å². The molecule has 0 aliphatic heterocycles. The predicted molar refractivity (Wildman–Crippen MR) is 65.1 cm³/mol. The van der Waals surface area contributed by atoms with E-state index in [-0.39, 0.29) is 10.8 Å². The summed E-state index contributed by atoms with van der Waals surface area (Å²) in [6, 6.07) is 4.73. The van der Waals surface area contributed by atoms with Gasteiger partial charge >= 0.3 is 0 Å². The van der Waals surface area contributed by atoms with Crippen LogP contribution >= 0.6 is 11.3 Å². The third-order valence-corrected chi connectivity index (χ3v) is 4.99. The molecular formula is C10H14N2O3S2. The molecule has 0 amide bonds. The van der Waals surface area contributed by atoms with E-state index in [1.165, 1.54) is 12.1 Å². The van der Waals surface area contributed by atoms with Crippen LogP contribution in [0.1, 0.15) is 24.6 Å². The fourth-order valence-electron chi connectivity index (χ4n) is 1.24. The monoisotopic (exact) mass is 274 g/mol. The predicted octanol–water partition coefficient (Wildman–Crippen LogP) is 1.06. The van der Waals surface area contributed by atoms with E-state index < -0.39 is 16.1 Å². The lowest BCUT2D eigenvalue weighted by Crippen LogP contribution is -2.31. The fraction of sp³-hybridized carbons (Fsp3) is 0.500. The number of sulfonamides is 1. The van der Waals surface area contributed by atoms with Gasteiger partial charge in [0.25, 0.3) is 0 Å². The largest absolute Gasteiger partial charge is 0.392 e. The van der Waals surface area contributed by atoms with Gasteiger partial charge in [-0.1, -0.05) is 13.3 Å². The second-order valence-electron chi connectivity index (χ2n) is 3.52. The molecule has 17 heavy (non-hydrogen) atoms. The van der Waals surface area contributed by atoms with E-state index in [1.54, 1.807) is 0 Å². The smallest absolute Gasteiger partial charge is 0.250 e. The topological polar surface area (TPSA) is 90.2 Å². The highest BCUT2D eigenvalue weighted by Crippen LogP contribution is 2.20. The highest BCUT2D eigenvalue weighted by atomic mass is 32.2. The first-order valence-corrected chi connectivity index (χ1v) is 7.47. The molecule has 1 atom stereocenters. The standard InChI is InChI=1S/C10H14N2O3S2/c1-2-3-8(13)7-12-17(14,15)10-5-4-9(6-11)16-10/h4-5,8,12-13H,2-3,7H2,1H3. The molecule has 0 saturated heterocycles. The van der Waals surface area contributed by atoms with Gasteiger partial charge in [-0.25, -0.2) is 13.1 Å². The lowest BCUT2D eigenvalue weighted by atomic mass is 10.2. The van der Waals surface area contributed by atoms with E-state index in [1.807, 2.05) is 13.0 Å². The van der Waals surface area contributed by atoms with Gasteiger partial charge in [0.05, 0.1) is 6.10 Å². The van der Waals surface area contributed by atoms with Gasteiger partial charge in [-0.2, -0.15) is 5.26 Å². The Labute approximate surface area is 105 Å². The van der Waals surface area contributed by atoms with Crippen molar-refractivity contribution in [1.82, 2.24) is 4.72 Å². The molecule has 0 aliphatic rings. The van der Waals surface area contributed by atoms with Crippen LogP contribution in [0.4, 0.5) is 0 Å². The highest BCUT2D eigenvalue weighted by Gasteiger charge is 2.17. The Bertz CT molecular complexity index is 502. The van der Waals surface area contributed by atoms with Gasteiger partial charge in [0.15, 0.2) is 0 Å². The van der Waals surface area contributed by atoms with E-state index in [0.29, 0.717) is 11.3 Å². The molecule has 0 spiro atoms. The van der Waals surface area contributed by atoms with Crippen LogP contribution in [0.15, 0.2) is 16.3 Å². The van der Waals surface area contributed by atoms with Crippen LogP contribution in [0.2, 0.25) is 0 Å². The molecule has 0 aromatic carbocycles. The Hall–Kier alpha value is -0.940. The Kier molecular flexibility index (Phi) is 5.08. The number of hydrogen-bond acceptors (Lipinski definition) is 5. The maximum Gasteiger partial charge on any atom is 0.250 e. The second kappa shape index (κ2) is 6.12. The first-order valence-electron chi connectivity index (χ1n) is 5.17. The van der Waals surface area contributed by atoms with E-state index in [4.69, 9.17) is 5.26 Å². The van der Waals surface area contributed by atoms with Crippen LogP contribution in [0.3, 0.4) is 0 Å². The van der Waals surface area contributed by atoms with Crippen LogP contribution in [-0.4, -0.2) is 26.2 Å². The van der Waals surface area contributed by atoms with E-state index >= 15 is 0 Å². The number of thiophene rings is 1. The van der Waals surface area contributed by atoms with E-state index in [2.05, 4.69) is 4.72 Å². The fourth-order valence-corrected chi connectivity index (χ4v) is 3.46. The summed E-state index contributed by atoms with van der Waals surface area (Å²) in [7, 11) is -3.61. The van der Waals surface area contributed by atoms with Crippen molar-refractivity contribution in [3.8, 4) is 6.07 Å². The molecule has 1 aromatic rings. The summed E-state index contributed by atoms with van der Waals surface area (Å²) in [4.78, 5) is 0.347. The highest BCUT2D eigenvalue weighted by molar-refractivity contribution is 7.91. The molecule has 5 nitrogen and oxygen atoms in total. The molecule has 1 aromatic heterocycles. The third-order valence-electron chi connectivity index (χ3n) is 2.09. The van der Waals surface area contributed by atoms with Gasteiger partial charge < -0.3 is 5.11 Å². The average Bonchev–Trinajstić information content (AvgIpc) is 2.76. The maximum atomic E-state index is 11.7. The zero-order valence-electron chi connectivity index (χ0n) is 9.38. The van der Waals surface area contributed by atoms with Gasteiger partial charge in [0, 0.05) is 6.54 Å². The molecule has 1 unspecified atom stereocenters. The van der Waals surface area contributed by atoms with Crippen LogP contribution in [0.5, 0.6) is 0 Å². The summed E-state index contributed by atoms with van der Waals surface area (Å²) < 4.78 is 25.9. The SMILES string of the molecule is CCCC(O)CNS(=O)(=O)c1ccc(C#N)s1. The average molecular weight is 274 g/mol. The quantitative estimate of drug-likeness (QED) is 0.811. The molecule has 0 aliphatic carbocycles. The number of aliphatic hydroxyl groups is 1. The molecule has 2 N–H and O–H groups in total. The van der Waals surface area contributed by atoms with Crippen molar-refractivity contribution < 1.29 is 13.5 Å². The molecule has 0 fully saturated rings. The number of nitrogens with zero attached hydrogens (tertiary/aromatic N) is 1. The third kappa shape index (κ3) is 4.09. The first-order chi connectivity index (χ1) is 7.99. The number of nitrogens with one attached hydrogen (secondary N) is 1.